The fraction of sp³-hybridized carbons (Fsp3) is 0. The third-order valence-electron chi connectivity index (χ3n) is 3.15. The molecule has 0 saturated carbocycles. The normalized spacial score (nSPS) is 9.76. The van der Waals surface area contributed by atoms with Crippen molar-refractivity contribution in [3.63, 3.8) is 0 Å². The van der Waals surface area contributed by atoms with E-state index in [9.17, 15) is 14.9 Å². The summed E-state index contributed by atoms with van der Waals surface area (Å²) in [4.78, 5) is 26.5. The lowest BCUT2D eigenvalue weighted by Gasteiger charge is -2.03. The van der Waals surface area contributed by atoms with Crippen molar-refractivity contribution in [1.82, 2.24) is 4.98 Å². The fourth-order valence-electron chi connectivity index (χ4n) is 1.99. The van der Waals surface area contributed by atoms with Gasteiger partial charge >= 0.3 is 5.00 Å². The Labute approximate surface area is 147 Å². The van der Waals surface area contributed by atoms with Crippen LogP contribution in [-0.4, -0.2) is 15.8 Å². The van der Waals surface area contributed by atoms with Crippen LogP contribution in [0.5, 0.6) is 0 Å². The lowest BCUT2D eigenvalue weighted by molar-refractivity contribution is -0.380. The number of amides is 1. The van der Waals surface area contributed by atoms with Crippen molar-refractivity contribution in [2.75, 3.05) is 5.32 Å². The summed E-state index contributed by atoms with van der Waals surface area (Å²) in [6, 6.07) is 13.8. The second kappa shape index (κ2) is 7.38. The van der Waals surface area contributed by atoms with Gasteiger partial charge in [-0.05, 0) is 36.3 Å². The molecule has 0 spiro atoms. The monoisotopic (exact) mass is 349 g/mol. The summed E-state index contributed by atoms with van der Waals surface area (Å²) in [6.07, 6.45) is 1.67. The highest BCUT2D eigenvalue weighted by Crippen LogP contribution is 2.23. The quantitative estimate of drug-likeness (QED) is 0.444. The van der Waals surface area contributed by atoms with E-state index in [4.69, 9.17) is 0 Å². The Morgan fingerprint density at radius 1 is 1.16 bits per heavy atom. The van der Waals surface area contributed by atoms with Crippen molar-refractivity contribution in [3.05, 3.63) is 87.0 Å². The van der Waals surface area contributed by atoms with Crippen LogP contribution in [0.4, 0.5) is 10.7 Å². The van der Waals surface area contributed by atoms with Crippen molar-refractivity contribution in [2.24, 2.45) is 0 Å². The number of carbonyl (C=O) groups excluding carboxylic acids is 1. The van der Waals surface area contributed by atoms with Gasteiger partial charge in [0.25, 0.3) is 5.91 Å². The van der Waals surface area contributed by atoms with Gasteiger partial charge < -0.3 is 5.32 Å². The van der Waals surface area contributed by atoms with Gasteiger partial charge in [0.05, 0.1) is 10.5 Å². The van der Waals surface area contributed by atoms with E-state index in [-0.39, 0.29) is 10.6 Å². The minimum Gasteiger partial charge on any atom is -0.322 e. The molecular formula is C18H11N3O3S. The maximum atomic E-state index is 12.2. The predicted molar refractivity (Wildman–Crippen MR) is 95.6 cm³/mol. The molecule has 6 nitrogen and oxygen atoms in total. The summed E-state index contributed by atoms with van der Waals surface area (Å²) < 4.78 is 0. The van der Waals surface area contributed by atoms with Gasteiger partial charge in [-0.25, -0.2) is 4.98 Å². The molecule has 0 saturated heterocycles. The van der Waals surface area contributed by atoms with E-state index in [2.05, 4.69) is 22.1 Å². The molecule has 7 heteroatoms. The second-order valence-corrected chi connectivity index (χ2v) is 5.82. The number of nitrogens with one attached hydrogen (secondary N) is 1. The van der Waals surface area contributed by atoms with E-state index >= 15 is 0 Å². The zero-order valence-corrected chi connectivity index (χ0v) is 13.6. The zero-order valence-electron chi connectivity index (χ0n) is 12.8. The standard InChI is InChI=1S/C18H11N3O3S/c22-18(14-11-17(21(23)24)25-12-14)20-16-6-3-4-13(10-16)7-8-15-5-1-2-9-19-15/h1-6,9-12H,(H,20,22). The molecular weight excluding hydrogens is 338 g/mol. The van der Waals surface area contributed by atoms with Crippen molar-refractivity contribution in [2.45, 2.75) is 0 Å². The number of benzene rings is 1. The Hall–Kier alpha value is -3.50. The molecule has 3 rings (SSSR count). The van der Waals surface area contributed by atoms with Crippen LogP contribution in [0.15, 0.2) is 60.1 Å². The number of nitro groups is 1. The largest absolute Gasteiger partial charge is 0.324 e. The van der Waals surface area contributed by atoms with Crippen LogP contribution in [-0.2, 0) is 0 Å². The summed E-state index contributed by atoms with van der Waals surface area (Å²) in [5.74, 6) is 5.52. The smallest absolute Gasteiger partial charge is 0.322 e. The van der Waals surface area contributed by atoms with E-state index in [1.807, 2.05) is 24.3 Å². The van der Waals surface area contributed by atoms with E-state index in [1.54, 1.807) is 24.4 Å². The molecule has 3 aromatic rings. The van der Waals surface area contributed by atoms with E-state index in [1.165, 1.54) is 11.4 Å². The van der Waals surface area contributed by atoms with Crippen molar-refractivity contribution in [1.29, 1.82) is 0 Å². The van der Waals surface area contributed by atoms with Crippen LogP contribution in [0.1, 0.15) is 21.6 Å². The Bertz CT molecular complexity index is 987. The Morgan fingerprint density at radius 3 is 2.76 bits per heavy atom. The highest BCUT2D eigenvalue weighted by atomic mass is 32.1. The summed E-state index contributed by atoms with van der Waals surface area (Å²) in [6.45, 7) is 0. The number of anilines is 1. The van der Waals surface area contributed by atoms with Crippen molar-refractivity contribution < 1.29 is 9.72 Å². The van der Waals surface area contributed by atoms with E-state index < -0.39 is 10.8 Å². The zero-order chi connectivity index (χ0) is 17.6. The number of rotatable bonds is 3. The first-order valence-electron chi connectivity index (χ1n) is 7.19. The molecule has 0 unspecified atom stereocenters. The van der Waals surface area contributed by atoms with Gasteiger partial charge in [-0.2, -0.15) is 0 Å². The molecule has 0 aliphatic carbocycles. The van der Waals surface area contributed by atoms with Crippen molar-refractivity contribution >= 4 is 27.9 Å². The topological polar surface area (TPSA) is 85.1 Å². The Morgan fingerprint density at radius 2 is 2.04 bits per heavy atom. The first kappa shape index (κ1) is 16.4. The van der Waals surface area contributed by atoms with E-state index in [0.29, 0.717) is 11.4 Å². The van der Waals surface area contributed by atoms with Crippen molar-refractivity contribution in [3.8, 4) is 11.8 Å². The first-order valence-corrected chi connectivity index (χ1v) is 8.07. The number of nitrogens with zero attached hydrogens (tertiary/aromatic N) is 2. The molecule has 1 N–H and O–H groups in total. The van der Waals surface area contributed by atoms with Crippen LogP contribution in [0.3, 0.4) is 0 Å². The number of thiophene rings is 1. The molecule has 25 heavy (non-hydrogen) atoms. The molecule has 0 atom stereocenters. The average molecular weight is 349 g/mol. The number of hydrogen-bond acceptors (Lipinski definition) is 5. The minimum atomic E-state index is -0.519. The fourth-order valence-corrected chi connectivity index (χ4v) is 2.69. The van der Waals surface area contributed by atoms with Gasteiger partial charge in [0, 0.05) is 28.9 Å². The molecule has 0 aliphatic rings. The lowest BCUT2D eigenvalue weighted by atomic mass is 10.2. The summed E-state index contributed by atoms with van der Waals surface area (Å²) in [5, 5.41) is 14.8. The second-order valence-electron chi connectivity index (χ2n) is 4.93. The molecule has 122 valence electrons. The van der Waals surface area contributed by atoms with Crippen LogP contribution in [0.25, 0.3) is 0 Å². The van der Waals surface area contributed by atoms with Gasteiger partial charge in [-0.3, -0.25) is 14.9 Å². The maximum absolute atomic E-state index is 12.2. The molecule has 1 amide bonds. The molecule has 2 aromatic heterocycles. The third-order valence-corrected chi connectivity index (χ3v) is 4.03. The Kier molecular flexibility index (Phi) is 4.83. The SMILES string of the molecule is O=C(Nc1cccc(C#Cc2ccccn2)c1)c1csc([N+](=O)[O-])c1. The molecule has 0 radical (unpaired) electrons. The maximum Gasteiger partial charge on any atom is 0.324 e. The third kappa shape index (κ3) is 4.28. The summed E-state index contributed by atoms with van der Waals surface area (Å²) in [7, 11) is 0. The Balaban J connectivity index is 1.74. The highest BCUT2D eigenvalue weighted by Gasteiger charge is 2.15. The first-order chi connectivity index (χ1) is 12.1. The van der Waals surface area contributed by atoms with E-state index in [0.717, 1.165) is 16.9 Å². The van der Waals surface area contributed by atoms with Crippen LogP contribution in [0.2, 0.25) is 0 Å². The lowest BCUT2D eigenvalue weighted by Crippen LogP contribution is -2.10. The van der Waals surface area contributed by atoms with Crippen LogP contribution in [0, 0.1) is 22.0 Å². The van der Waals surface area contributed by atoms with Gasteiger partial charge in [-0.15, -0.1) is 0 Å². The predicted octanol–water partition coefficient (Wildman–Crippen LogP) is 3.70. The molecule has 0 bridgehead atoms. The van der Waals surface area contributed by atoms with Crippen LogP contribution >= 0.6 is 11.3 Å². The minimum absolute atomic E-state index is 0.0693. The molecule has 0 aliphatic heterocycles. The van der Waals surface area contributed by atoms with Gasteiger partial charge in [0.15, 0.2) is 0 Å². The number of carbonyl (C=O) groups is 1. The molecule has 2 heterocycles. The van der Waals surface area contributed by atoms with Gasteiger partial charge in [-0.1, -0.05) is 29.4 Å². The summed E-state index contributed by atoms with van der Waals surface area (Å²) >= 11 is 0.916. The van der Waals surface area contributed by atoms with Gasteiger partial charge in [0.1, 0.15) is 5.69 Å². The van der Waals surface area contributed by atoms with Crippen LogP contribution < -0.4 is 5.32 Å². The number of aromatic nitrogens is 1. The highest BCUT2D eigenvalue weighted by molar-refractivity contribution is 7.13. The average Bonchev–Trinajstić information content (AvgIpc) is 3.12. The summed E-state index contributed by atoms with van der Waals surface area (Å²) in [5.41, 5.74) is 2.19. The van der Waals surface area contributed by atoms with Gasteiger partial charge in [0.2, 0.25) is 0 Å². The molecule has 1 aromatic carbocycles. The molecule has 0 fully saturated rings. The number of hydrogen-bond donors (Lipinski definition) is 1. The number of pyridine rings is 1.